The molecule has 0 aliphatic carbocycles. The van der Waals surface area contributed by atoms with Crippen molar-refractivity contribution in [1.29, 1.82) is 0 Å². The molecule has 25 heavy (non-hydrogen) atoms. The average molecular weight is 478 g/mol. The predicted molar refractivity (Wildman–Crippen MR) is 105 cm³/mol. The number of hydrogen-bond donors (Lipinski definition) is 3. The van der Waals surface area contributed by atoms with E-state index in [1.54, 1.807) is 6.20 Å². The minimum absolute atomic E-state index is 0. The number of esters is 1. The van der Waals surface area contributed by atoms with Gasteiger partial charge in [-0.2, -0.15) is 0 Å². The van der Waals surface area contributed by atoms with Crippen molar-refractivity contribution in [1.82, 2.24) is 15.3 Å². The highest BCUT2D eigenvalue weighted by Gasteiger charge is 2.25. The number of imidazole rings is 1. The van der Waals surface area contributed by atoms with Crippen molar-refractivity contribution in [2.45, 2.75) is 24.9 Å². The third kappa shape index (κ3) is 7.37. The molecular weight excluding hydrogens is 456 g/mol. The van der Waals surface area contributed by atoms with Crippen LogP contribution < -0.4 is 11.1 Å². The van der Waals surface area contributed by atoms with Crippen LogP contribution in [0.2, 0.25) is 0 Å². The summed E-state index contributed by atoms with van der Waals surface area (Å²) in [5.41, 5.74) is 7.53. The van der Waals surface area contributed by atoms with Gasteiger partial charge in [0.05, 0.1) is 25.2 Å². The molecule has 1 aromatic carbocycles. The molecule has 2 atom stereocenters. The second-order valence-electron chi connectivity index (χ2n) is 5.15. The average Bonchev–Trinajstić information content (AvgIpc) is 3.07. The summed E-state index contributed by atoms with van der Waals surface area (Å²) in [6.45, 7) is 0. The first-order valence-corrected chi connectivity index (χ1v) is 7.25. The number of nitrogens with one attached hydrogen (secondary N) is 2. The fourth-order valence-electron chi connectivity index (χ4n) is 2.19. The number of nitrogens with zero attached hydrogens (tertiary/aromatic N) is 1. The van der Waals surface area contributed by atoms with E-state index >= 15 is 0 Å². The molecular formula is C16H22Br2N4O3. The Kier molecular flexibility index (Phi) is 11.0. The number of carbonyl (C=O) groups excluding carboxylic acids is 2. The summed E-state index contributed by atoms with van der Waals surface area (Å²) in [5, 5.41) is 2.63. The Morgan fingerprint density at radius 3 is 2.48 bits per heavy atom. The lowest BCUT2D eigenvalue weighted by Gasteiger charge is -2.18. The van der Waals surface area contributed by atoms with Crippen LogP contribution in [-0.2, 0) is 27.2 Å². The summed E-state index contributed by atoms with van der Waals surface area (Å²) >= 11 is 0. The number of halogens is 2. The van der Waals surface area contributed by atoms with E-state index in [1.165, 1.54) is 13.4 Å². The molecule has 0 spiro atoms. The van der Waals surface area contributed by atoms with Crippen LogP contribution in [0.4, 0.5) is 0 Å². The summed E-state index contributed by atoms with van der Waals surface area (Å²) in [7, 11) is 1.27. The molecule has 2 aromatic rings. The number of benzene rings is 1. The highest BCUT2D eigenvalue weighted by molar-refractivity contribution is 8.93. The fraction of sp³-hybridized carbons (Fsp3) is 0.312. The maximum Gasteiger partial charge on any atom is 0.328 e. The van der Waals surface area contributed by atoms with Crippen molar-refractivity contribution in [3.05, 3.63) is 54.1 Å². The number of amides is 1. The lowest BCUT2D eigenvalue weighted by atomic mass is 10.1. The van der Waals surface area contributed by atoms with Crippen LogP contribution in [0.15, 0.2) is 42.9 Å². The molecule has 1 amide bonds. The highest BCUT2D eigenvalue weighted by Crippen LogP contribution is 2.04. The zero-order chi connectivity index (χ0) is 16.7. The third-order valence-corrected chi connectivity index (χ3v) is 3.41. The van der Waals surface area contributed by atoms with E-state index in [9.17, 15) is 9.59 Å². The van der Waals surface area contributed by atoms with Gasteiger partial charge in [0.2, 0.25) is 5.91 Å². The largest absolute Gasteiger partial charge is 0.467 e. The molecule has 138 valence electrons. The van der Waals surface area contributed by atoms with Gasteiger partial charge in [0.25, 0.3) is 0 Å². The first-order chi connectivity index (χ1) is 11.1. The number of methoxy groups -OCH3 is 1. The third-order valence-electron chi connectivity index (χ3n) is 3.41. The molecule has 1 aromatic heterocycles. The lowest BCUT2D eigenvalue weighted by molar-refractivity contribution is -0.145. The number of carbonyl (C=O) groups is 2. The fourth-order valence-corrected chi connectivity index (χ4v) is 2.19. The van der Waals surface area contributed by atoms with Crippen molar-refractivity contribution in [3.63, 3.8) is 0 Å². The van der Waals surface area contributed by atoms with Crippen LogP contribution in [-0.4, -0.2) is 41.0 Å². The second-order valence-corrected chi connectivity index (χ2v) is 5.15. The number of nitrogens with two attached hydrogens (primary N) is 1. The molecule has 0 aliphatic heterocycles. The van der Waals surface area contributed by atoms with E-state index in [0.717, 1.165) is 5.56 Å². The van der Waals surface area contributed by atoms with Gasteiger partial charge in [0.1, 0.15) is 6.04 Å². The Morgan fingerprint density at radius 2 is 1.92 bits per heavy atom. The number of ether oxygens (including phenoxy) is 1. The van der Waals surface area contributed by atoms with E-state index in [1.807, 2.05) is 30.3 Å². The van der Waals surface area contributed by atoms with Crippen LogP contribution in [0.25, 0.3) is 0 Å². The van der Waals surface area contributed by atoms with E-state index < -0.39 is 24.0 Å². The topological polar surface area (TPSA) is 110 Å². The predicted octanol–water partition coefficient (Wildman–Crippen LogP) is 1.34. The van der Waals surface area contributed by atoms with Crippen molar-refractivity contribution in [2.75, 3.05) is 7.11 Å². The van der Waals surface area contributed by atoms with Crippen LogP contribution >= 0.6 is 34.0 Å². The van der Waals surface area contributed by atoms with E-state index in [0.29, 0.717) is 12.1 Å². The van der Waals surface area contributed by atoms with Gasteiger partial charge in [-0.3, -0.25) is 4.79 Å². The van der Waals surface area contributed by atoms with Crippen LogP contribution in [0.1, 0.15) is 11.3 Å². The van der Waals surface area contributed by atoms with Gasteiger partial charge in [0, 0.05) is 12.6 Å². The molecule has 0 fully saturated rings. The Balaban J connectivity index is 0.00000288. The zero-order valence-corrected chi connectivity index (χ0v) is 17.1. The number of hydrogen-bond acceptors (Lipinski definition) is 5. The number of aromatic nitrogens is 2. The maximum absolute atomic E-state index is 12.2. The molecule has 4 N–H and O–H groups in total. The second kappa shape index (κ2) is 11.8. The molecule has 0 radical (unpaired) electrons. The van der Waals surface area contributed by atoms with Crippen molar-refractivity contribution in [2.24, 2.45) is 5.73 Å². The Bertz CT molecular complexity index is 638. The standard InChI is InChI=1S/C16H20N4O3.2BrH/c1-23-16(22)14(8-12-9-18-10-19-12)20-15(21)13(17)7-11-5-3-2-4-6-11;;/h2-6,9-10,13-14H,7-8,17H2,1H3,(H,18,19)(H,20,21);2*1H. The number of aromatic amines is 1. The summed E-state index contributed by atoms with van der Waals surface area (Å²) in [6.07, 6.45) is 3.79. The Hall–Kier alpha value is -1.71. The molecule has 9 heteroatoms. The Morgan fingerprint density at radius 1 is 1.24 bits per heavy atom. The van der Waals surface area contributed by atoms with Crippen molar-refractivity contribution < 1.29 is 14.3 Å². The summed E-state index contributed by atoms with van der Waals surface area (Å²) in [6, 6.07) is 7.89. The van der Waals surface area contributed by atoms with Crippen LogP contribution in [0.5, 0.6) is 0 Å². The molecule has 0 saturated heterocycles. The van der Waals surface area contributed by atoms with Gasteiger partial charge in [-0.15, -0.1) is 34.0 Å². The highest BCUT2D eigenvalue weighted by atomic mass is 79.9. The molecule has 0 saturated carbocycles. The van der Waals surface area contributed by atoms with E-state index in [4.69, 9.17) is 10.5 Å². The van der Waals surface area contributed by atoms with E-state index in [-0.39, 0.29) is 40.4 Å². The van der Waals surface area contributed by atoms with Crippen LogP contribution in [0.3, 0.4) is 0 Å². The van der Waals surface area contributed by atoms with Gasteiger partial charge in [-0.05, 0) is 12.0 Å². The smallest absolute Gasteiger partial charge is 0.328 e. The minimum Gasteiger partial charge on any atom is -0.467 e. The quantitative estimate of drug-likeness (QED) is 0.521. The van der Waals surface area contributed by atoms with Crippen LogP contribution in [0, 0.1) is 0 Å². The van der Waals surface area contributed by atoms with Crippen molar-refractivity contribution in [3.8, 4) is 0 Å². The maximum atomic E-state index is 12.2. The SMILES string of the molecule is Br.Br.COC(=O)C(Cc1c[nH]cn1)NC(=O)C(N)Cc1ccccc1. The monoisotopic (exact) mass is 476 g/mol. The first kappa shape index (κ1) is 23.3. The Labute approximate surface area is 167 Å². The number of rotatable bonds is 7. The summed E-state index contributed by atoms with van der Waals surface area (Å²) < 4.78 is 4.73. The molecule has 7 nitrogen and oxygen atoms in total. The molecule has 0 aliphatic rings. The molecule has 2 rings (SSSR count). The van der Waals surface area contributed by atoms with E-state index in [2.05, 4.69) is 15.3 Å². The number of H-pyrrole nitrogens is 1. The first-order valence-electron chi connectivity index (χ1n) is 7.25. The molecule has 1 heterocycles. The van der Waals surface area contributed by atoms with Gasteiger partial charge < -0.3 is 20.8 Å². The van der Waals surface area contributed by atoms with Gasteiger partial charge in [0.15, 0.2) is 0 Å². The molecule has 0 bridgehead atoms. The van der Waals surface area contributed by atoms with Gasteiger partial charge in [-0.1, -0.05) is 30.3 Å². The molecule has 2 unspecified atom stereocenters. The summed E-state index contributed by atoms with van der Waals surface area (Å²) in [5.74, 6) is -0.937. The van der Waals surface area contributed by atoms with Crippen molar-refractivity contribution >= 4 is 45.8 Å². The van der Waals surface area contributed by atoms with Gasteiger partial charge in [-0.25, -0.2) is 9.78 Å². The van der Waals surface area contributed by atoms with Gasteiger partial charge >= 0.3 is 5.97 Å². The summed E-state index contributed by atoms with van der Waals surface area (Å²) in [4.78, 5) is 30.9. The minimum atomic E-state index is -0.822. The zero-order valence-electron chi connectivity index (χ0n) is 13.7. The normalized spacial score (nSPS) is 12.1. The lowest BCUT2D eigenvalue weighted by Crippen LogP contribution is -2.50.